The third kappa shape index (κ3) is 3.00. The van der Waals surface area contributed by atoms with Gasteiger partial charge in [-0.15, -0.1) is 0 Å². The third-order valence-corrected chi connectivity index (χ3v) is 4.88. The van der Waals surface area contributed by atoms with Crippen molar-refractivity contribution in [2.45, 2.75) is 12.8 Å². The highest BCUT2D eigenvalue weighted by Gasteiger charge is 2.23. The average Bonchev–Trinajstić information content (AvgIpc) is 3.21. The van der Waals surface area contributed by atoms with Crippen LogP contribution < -0.4 is 19.7 Å². The first-order valence-electron chi connectivity index (χ1n) is 9.16. The lowest BCUT2D eigenvalue weighted by Crippen LogP contribution is -2.35. The fourth-order valence-corrected chi connectivity index (χ4v) is 3.51. The molecule has 0 unspecified atom stereocenters. The van der Waals surface area contributed by atoms with Gasteiger partial charge in [0.1, 0.15) is 0 Å². The average molecular weight is 374 g/mol. The van der Waals surface area contributed by atoms with Gasteiger partial charge in [-0.2, -0.15) is 0 Å². The fraction of sp³-hybridized carbons (Fsp3) is 0.190. The molecule has 0 fully saturated rings. The van der Waals surface area contributed by atoms with Gasteiger partial charge < -0.3 is 19.7 Å². The van der Waals surface area contributed by atoms with E-state index in [0.717, 1.165) is 24.2 Å². The Morgan fingerprint density at radius 2 is 1.86 bits per heavy atom. The van der Waals surface area contributed by atoms with E-state index in [1.807, 2.05) is 41.3 Å². The lowest BCUT2D eigenvalue weighted by atomic mass is 10.0. The molecule has 28 heavy (non-hydrogen) atoms. The SMILES string of the molecule is O=C(c1cnc(Nc2ccc3c(c2)OCO3)nc1)N1CCCc2ccccc21. The molecule has 1 aromatic heterocycles. The molecule has 0 bridgehead atoms. The molecule has 0 radical (unpaired) electrons. The molecule has 0 aliphatic carbocycles. The number of fused-ring (bicyclic) bond motifs is 2. The van der Waals surface area contributed by atoms with E-state index >= 15 is 0 Å². The second-order valence-corrected chi connectivity index (χ2v) is 6.68. The van der Waals surface area contributed by atoms with Crippen LogP contribution in [-0.2, 0) is 6.42 Å². The normalized spacial score (nSPS) is 14.5. The number of carbonyl (C=O) groups is 1. The van der Waals surface area contributed by atoms with Crippen molar-refractivity contribution >= 4 is 23.2 Å². The molecule has 3 aromatic rings. The van der Waals surface area contributed by atoms with E-state index in [-0.39, 0.29) is 12.7 Å². The van der Waals surface area contributed by atoms with Crippen molar-refractivity contribution in [3.8, 4) is 11.5 Å². The number of hydrogen-bond donors (Lipinski definition) is 1. The van der Waals surface area contributed by atoms with Gasteiger partial charge in [-0.25, -0.2) is 9.97 Å². The topological polar surface area (TPSA) is 76.6 Å². The molecular weight excluding hydrogens is 356 g/mol. The van der Waals surface area contributed by atoms with Crippen LogP contribution in [0, 0.1) is 0 Å². The summed E-state index contributed by atoms with van der Waals surface area (Å²) in [5.74, 6) is 1.73. The number of amides is 1. The summed E-state index contributed by atoms with van der Waals surface area (Å²) in [6.45, 7) is 0.929. The molecule has 5 rings (SSSR count). The van der Waals surface area contributed by atoms with Crippen LogP contribution in [0.25, 0.3) is 0 Å². The van der Waals surface area contributed by atoms with Gasteiger partial charge in [0, 0.05) is 36.4 Å². The molecule has 0 saturated carbocycles. The van der Waals surface area contributed by atoms with Crippen molar-refractivity contribution in [1.82, 2.24) is 9.97 Å². The Labute approximate surface area is 161 Å². The fourth-order valence-electron chi connectivity index (χ4n) is 3.51. The molecule has 7 nitrogen and oxygen atoms in total. The van der Waals surface area contributed by atoms with E-state index in [4.69, 9.17) is 9.47 Å². The van der Waals surface area contributed by atoms with Gasteiger partial charge in [0.05, 0.1) is 5.56 Å². The number of aromatic nitrogens is 2. The highest BCUT2D eigenvalue weighted by atomic mass is 16.7. The Balaban J connectivity index is 1.33. The Bertz CT molecular complexity index is 1040. The van der Waals surface area contributed by atoms with Crippen LogP contribution >= 0.6 is 0 Å². The molecule has 140 valence electrons. The number of nitrogens with zero attached hydrogens (tertiary/aromatic N) is 3. The van der Waals surface area contributed by atoms with Crippen LogP contribution in [0.1, 0.15) is 22.3 Å². The molecule has 0 atom stereocenters. The predicted octanol–water partition coefficient (Wildman–Crippen LogP) is 3.54. The maximum atomic E-state index is 13.0. The molecule has 1 N–H and O–H groups in total. The minimum atomic E-state index is -0.0817. The summed E-state index contributed by atoms with van der Waals surface area (Å²) in [5, 5.41) is 3.11. The zero-order valence-electron chi connectivity index (χ0n) is 15.1. The monoisotopic (exact) mass is 374 g/mol. The number of anilines is 3. The predicted molar refractivity (Wildman–Crippen MR) is 104 cm³/mol. The molecular formula is C21H18N4O3. The molecule has 1 amide bonds. The zero-order chi connectivity index (χ0) is 18.9. The highest BCUT2D eigenvalue weighted by molar-refractivity contribution is 6.06. The van der Waals surface area contributed by atoms with Gasteiger partial charge in [0.25, 0.3) is 5.91 Å². The Morgan fingerprint density at radius 3 is 2.75 bits per heavy atom. The maximum Gasteiger partial charge on any atom is 0.261 e. The summed E-state index contributed by atoms with van der Waals surface area (Å²) >= 11 is 0. The Morgan fingerprint density at radius 1 is 1.04 bits per heavy atom. The maximum absolute atomic E-state index is 13.0. The lowest BCUT2D eigenvalue weighted by Gasteiger charge is -2.29. The first kappa shape index (κ1) is 16.6. The number of benzene rings is 2. The molecule has 7 heteroatoms. The van der Waals surface area contributed by atoms with Crippen molar-refractivity contribution in [2.24, 2.45) is 0 Å². The van der Waals surface area contributed by atoms with Crippen LogP contribution in [0.3, 0.4) is 0 Å². The summed E-state index contributed by atoms with van der Waals surface area (Å²) in [6.07, 6.45) is 5.06. The number of para-hydroxylation sites is 1. The van der Waals surface area contributed by atoms with E-state index in [1.54, 1.807) is 12.4 Å². The second kappa shape index (κ2) is 6.84. The summed E-state index contributed by atoms with van der Waals surface area (Å²) in [6, 6.07) is 13.5. The standard InChI is InChI=1S/C21H18N4O3/c26-20(25-9-3-5-14-4-1-2-6-17(14)25)15-11-22-21(23-12-15)24-16-7-8-18-19(10-16)28-13-27-18/h1-2,4,6-8,10-12H,3,5,9,13H2,(H,22,23,24). The van der Waals surface area contributed by atoms with Crippen LogP contribution in [0.4, 0.5) is 17.3 Å². The van der Waals surface area contributed by atoms with Gasteiger partial charge in [0.15, 0.2) is 11.5 Å². The number of aryl methyl sites for hydroxylation is 1. The van der Waals surface area contributed by atoms with Gasteiger partial charge >= 0.3 is 0 Å². The van der Waals surface area contributed by atoms with Crippen LogP contribution in [0.5, 0.6) is 11.5 Å². The molecule has 0 saturated heterocycles. The quantitative estimate of drug-likeness (QED) is 0.756. The van der Waals surface area contributed by atoms with Gasteiger partial charge in [0.2, 0.25) is 12.7 Å². The molecule has 2 aromatic carbocycles. The van der Waals surface area contributed by atoms with Crippen molar-refractivity contribution in [3.63, 3.8) is 0 Å². The summed E-state index contributed by atoms with van der Waals surface area (Å²) in [7, 11) is 0. The number of carbonyl (C=O) groups excluding carboxylic acids is 1. The van der Waals surface area contributed by atoms with E-state index < -0.39 is 0 Å². The summed E-state index contributed by atoms with van der Waals surface area (Å²) in [4.78, 5) is 23.4. The number of nitrogens with one attached hydrogen (secondary N) is 1. The van der Waals surface area contributed by atoms with Crippen molar-refractivity contribution in [2.75, 3.05) is 23.6 Å². The van der Waals surface area contributed by atoms with Gasteiger partial charge in [-0.05, 0) is 36.6 Å². The summed E-state index contributed by atoms with van der Waals surface area (Å²) < 4.78 is 10.7. The second-order valence-electron chi connectivity index (χ2n) is 6.68. The van der Waals surface area contributed by atoms with Crippen molar-refractivity contribution < 1.29 is 14.3 Å². The van der Waals surface area contributed by atoms with Crippen molar-refractivity contribution in [3.05, 3.63) is 66.0 Å². The highest BCUT2D eigenvalue weighted by Crippen LogP contribution is 2.34. The van der Waals surface area contributed by atoms with Crippen LogP contribution in [0.2, 0.25) is 0 Å². The molecule has 3 heterocycles. The van der Waals surface area contributed by atoms with Crippen LogP contribution in [-0.4, -0.2) is 29.2 Å². The minimum Gasteiger partial charge on any atom is -0.454 e. The van der Waals surface area contributed by atoms with E-state index in [2.05, 4.69) is 21.4 Å². The molecule has 2 aliphatic rings. The lowest BCUT2D eigenvalue weighted by molar-refractivity contribution is 0.0984. The van der Waals surface area contributed by atoms with Gasteiger partial charge in [-0.3, -0.25) is 4.79 Å². The van der Waals surface area contributed by atoms with Crippen molar-refractivity contribution in [1.29, 1.82) is 0 Å². The van der Waals surface area contributed by atoms with E-state index in [9.17, 15) is 4.79 Å². The largest absolute Gasteiger partial charge is 0.454 e. The number of ether oxygens (including phenoxy) is 2. The molecule has 0 spiro atoms. The van der Waals surface area contributed by atoms with E-state index in [0.29, 0.717) is 29.6 Å². The van der Waals surface area contributed by atoms with E-state index in [1.165, 1.54) is 5.56 Å². The minimum absolute atomic E-state index is 0.0817. The number of hydrogen-bond acceptors (Lipinski definition) is 6. The Kier molecular flexibility index (Phi) is 4.05. The summed E-state index contributed by atoms with van der Waals surface area (Å²) in [5.41, 5.74) is 3.42. The van der Waals surface area contributed by atoms with Gasteiger partial charge in [-0.1, -0.05) is 18.2 Å². The Hall–Kier alpha value is -3.61. The number of rotatable bonds is 3. The first-order chi connectivity index (χ1) is 13.8. The van der Waals surface area contributed by atoms with Crippen LogP contribution in [0.15, 0.2) is 54.9 Å². The smallest absolute Gasteiger partial charge is 0.261 e. The first-order valence-corrected chi connectivity index (χ1v) is 9.16. The third-order valence-electron chi connectivity index (χ3n) is 4.88. The zero-order valence-corrected chi connectivity index (χ0v) is 15.1. The molecule has 2 aliphatic heterocycles.